The van der Waals surface area contributed by atoms with E-state index >= 15 is 0 Å². The maximum absolute atomic E-state index is 13.5. The van der Waals surface area contributed by atoms with Gasteiger partial charge in [-0.25, -0.2) is 9.37 Å². The molecule has 1 aromatic carbocycles. The highest BCUT2D eigenvalue weighted by atomic mass is 32.1. The summed E-state index contributed by atoms with van der Waals surface area (Å²) in [4.78, 5) is 4.54. The van der Waals surface area contributed by atoms with E-state index in [9.17, 15) is 4.39 Å². The summed E-state index contributed by atoms with van der Waals surface area (Å²) in [7, 11) is 0. The minimum absolute atomic E-state index is 0.206. The minimum Gasteiger partial charge on any atom is -0.389 e. The molecule has 1 aromatic heterocycles. The highest BCUT2D eigenvalue weighted by Gasteiger charge is 2.28. The normalized spacial score (nSPS) is 15.2. The van der Waals surface area contributed by atoms with Crippen LogP contribution in [-0.4, -0.2) is 4.98 Å². The van der Waals surface area contributed by atoms with Gasteiger partial charge in [0.25, 0.3) is 0 Å². The highest BCUT2D eigenvalue weighted by Crippen LogP contribution is 2.45. The first-order valence-corrected chi connectivity index (χ1v) is 6.49. The first-order valence-electron chi connectivity index (χ1n) is 5.68. The molecule has 0 bridgehead atoms. The van der Waals surface area contributed by atoms with Crippen LogP contribution in [0, 0.1) is 12.7 Å². The number of aryl methyl sites for hydroxylation is 1. The Hall–Kier alpha value is -1.42. The second-order valence-corrected chi connectivity index (χ2v) is 5.57. The van der Waals surface area contributed by atoms with Crippen molar-refractivity contribution in [3.05, 3.63) is 34.6 Å². The van der Waals surface area contributed by atoms with Gasteiger partial charge in [0.05, 0.1) is 5.01 Å². The van der Waals surface area contributed by atoms with Crippen LogP contribution in [0.1, 0.15) is 29.3 Å². The number of nitrogens with two attached hydrogens (primary N) is 1. The van der Waals surface area contributed by atoms with Gasteiger partial charge < -0.3 is 5.73 Å². The number of nitrogen functional groups attached to an aromatic ring is 1. The Morgan fingerprint density at radius 2 is 2.18 bits per heavy atom. The number of thiazole rings is 1. The number of anilines is 1. The van der Waals surface area contributed by atoms with Crippen molar-refractivity contribution < 1.29 is 4.39 Å². The Bertz CT molecular complexity index is 573. The number of rotatable bonds is 2. The first kappa shape index (κ1) is 10.7. The summed E-state index contributed by atoms with van der Waals surface area (Å²) >= 11 is 1.53. The zero-order valence-corrected chi connectivity index (χ0v) is 10.4. The van der Waals surface area contributed by atoms with Crippen LogP contribution in [0.5, 0.6) is 0 Å². The van der Waals surface area contributed by atoms with Crippen molar-refractivity contribution in [3.8, 4) is 11.3 Å². The maximum atomic E-state index is 13.5. The molecule has 0 unspecified atom stereocenters. The van der Waals surface area contributed by atoms with Gasteiger partial charge in [-0.2, -0.15) is 0 Å². The monoisotopic (exact) mass is 248 g/mol. The van der Waals surface area contributed by atoms with Crippen LogP contribution in [0.4, 0.5) is 9.39 Å². The Labute approximate surface area is 103 Å². The Morgan fingerprint density at radius 1 is 1.41 bits per heavy atom. The summed E-state index contributed by atoms with van der Waals surface area (Å²) in [6.07, 6.45) is 2.41. The molecule has 0 amide bonds. The summed E-state index contributed by atoms with van der Waals surface area (Å²) in [6.45, 7) is 1.75. The number of hydrogen-bond donors (Lipinski definition) is 1. The fraction of sp³-hybridized carbons (Fsp3) is 0.308. The van der Waals surface area contributed by atoms with E-state index in [-0.39, 0.29) is 5.82 Å². The Balaban J connectivity index is 2.04. The number of benzene rings is 1. The van der Waals surface area contributed by atoms with Crippen molar-refractivity contribution in [2.75, 3.05) is 5.73 Å². The Morgan fingerprint density at radius 3 is 2.82 bits per heavy atom. The summed E-state index contributed by atoms with van der Waals surface area (Å²) < 4.78 is 13.5. The predicted molar refractivity (Wildman–Crippen MR) is 68.6 cm³/mol. The van der Waals surface area contributed by atoms with Crippen molar-refractivity contribution >= 4 is 16.3 Å². The molecule has 0 aliphatic heterocycles. The zero-order chi connectivity index (χ0) is 12.0. The first-order chi connectivity index (χ1) is 8.15. The molecule has 1 aliphatic carbocycles. The van der Waals surface area contributed by atoms with Crippen LogP contribution in [0.25, 0.3) is 11.3 Å². The van der Waals surface area contributed by atoms with Gasteiger partial charge in [-0.05, 0) is 31.4 Å². The number of nitrogens with zero attached hydrogens (tertiary/aromatic N) is 1. The molecule has 0 spiro atoms. The number of aromatic nitrogens is 1. The van der Waals surface area contributed by atoms with Crippen molar-refractivity contribution in [1.82, 2.24) is 4.98 Å². The third-order valence-corrected chi connectivity index (χ3v) is 4.09. The summed E-state index contributed by atoms with van der Waals surface area (Å²) in [5.41, 5.74) is 8.11. The molecule has 2 nitrogen and oxygen atoms in total. The lowest BCUT2D eigenvalue weighted by Crippen LogP contribution is -1.89. The van der Waals surface area contributed by atoms with E-state index in [0.717, 1.165) is 16.3 Å². The SMILES string of the molecule is Cc1ccc(-c2nc(C3CC3)sc2N)cc1F. The molecular weight excluding hydrogens is 235 g/mol. The van der Waals surface area contributed by atoms with E-state index in [2.05, 4.69) is 4.98 Å². The fourth-order valence-electron chi connectivity index (χ4n) is 1.80. The van der Waals surface area contributed by atoms with Gasteiger partial charge in [0.15, 0.2) is 0 Å². The third kappa shape index (κ3) is 1.93. The van der Waals surface area contributed by atoms with Gasteiger partial charge in [-0.1, -0.05) is 12.1 Å². The van der Waals surface area contributed by atoms with E-state index in [0.29, 0.717) is 16.5 Å². The van der Waals surface area contributed by atoms with Crippen molar-refractivity contribution in [3.63, 3.8) is 0 Å². The molecule has 1 fully saturated rings. The van der Waals surface area contributed by atoms with E-state index in [1.54, 1.807) is 13.0 Å². The van der Waals surface area contributed by atoms with Gasteiger partial charge >= 0.3 is 0 Å². The van der Waals surface area contributed by atoms with Gasteiger partial charge in [-0.15, -0.1) is 11.3 Å². The lowest BCUT2D eigenvalue weighted by Gasteiger charge is -2.01. The zero-order valence-electron chi connectivity index (χ0n) is 9.53. The van der Waals surface area contributed by atoms with Crippen molar-refractivity contribution in [1.29, 1.82) is 0 Å². The molecule has 2 aromatic rings. The quantitative estimate of drug-likeness (QED) is 0.879. The van der Waals surface area contributed by atoms with Crippen LogP contribution >= 0.6 is 11.3 Å². The standard InChI is InChI=1S/C13H13FN2S/c1-7-2-3-9(6-10(7)14)11-12(15)17-13(16-11)8-4-5-8/h2-3,6,8H,4-5,15H2,1H3. The van der Waals surface area contributed by atoms with E-state index < -0.39 is 0 Å². The molecular formula is C13H13FN2S. The predicted octanol–water partition coefficient (Wildman–Crippen LogP) is 3.72. The van der Waals surface area contributed by atoms with Crippen LogP contribution in [0.3, 0.4) is 0 Å². The smallest absolute Gasteiger partial charge is 0.126 e. The van der Waals surface area contributed by atoms with Crippen LogP contribution in [0.2, 0.25) is 0 Å². The van der Waals surface area contributed by atoms with Gasteiger partial charge in [0, 0.05) is 11.5 Å². The minimum atomic E-state index is -0.206. The molecule has 0 saturated heterocycles. The molecule has 88 valence electrons. The fourth-order valence-corrected chi connectivity index (χ4v) is 2.83. The van der Waals surface area contributed by atoms with Gasteiger partial charge in [-0.3, -0.25) is 0 Å². The van der Waals surface area contributed by atoms with E-state index in [4.69, 9.17) is 5.73 Å². The highest BCUT2D eigenvalue weighted by molar-refractivity contribution is 7.16. The van der Waals surface area contributed by atoms with E-state index in [1.165, 1.54) is 30.2 Å². The molecule has 4 heteroatoms. The Kier molecular flexibility index (Phi) is 2.40. The lowest BCUT2D eigenvalue weighted by atomic mass is 10.1. The average molecular weight is 248 g/mol. The van der Waals surface area contributed by atoms with Gasteiger partial charge in [0.1, 0.15) is 16.5 Å². The van der Waals surface area contributed by atoms with Crippen LogP contribution in [0.15, 0.2) is 18.2 Å². The molecule has 1 aliphatic rings. The van der Waals surface area contributed by atoms with Crippen LogP contribution < -0.4 is 5.73 Å². The lowest BCUT2D eigenvalue weighted by molar-refractivity contribution is 0.619. The summed E-state index contributed by atoms with van der Waals surface area (Å²) in [5, 5.41) is 1.79. The molecule has 17 heavy (non-hydrogen) atoms. The van der Waals surface area contributed by atoms with Crippen molar-refractivity contribution in [2.45, 2.75) is 25.7 Å². The topological polar surface area (TPSA) is 38.9 Å². The molecule has 0 radical (unpaired) electrons. The second-order valence-electron chi connectivity index (χ2n) is 4.50. The number of hydrogen-bond acceptors (Lipinski definition) is 3. The van der Waals surface area contributed by atoms with Crippen molar-refractivity contribution in [2.24, 2.45) is 0 Å². The van der Waals surface area contributed by atoms with Gasteiger partial charge in [0.2, 0.25) is 0 Å². The largest absolute Gasteiger partial charge is 0.389 e. The average Bonchev–Trinajstić information content (AvgIpc) is 3.07. The number of halogens is 1. The molecule has 3 rings (SSSR count). The molecule has 0 atom stereocenters. The summed E-state index contributed by atoms with van der Waals surface area (Å²) in [5.74, 6) is 0.384. The third-order valence-electron chi connectivity index (χ3n) is 3.04. The molecule has 1 heterocycles. The summed E-state index contributed by atoms with van der Waals surface area (Å²) in [6, 6.07) is 5.15. The molecule has 1 saturated carbocycles. The van der Waals surface area contributed by atoms with E-state index in [1.807, 2.05) is 6.07 Å². The van der Waals surface area contributed by atoms with Crippen LogP contribution in [-0.2, 0) is 0 Å². The molecule has 2 N–H and O–H groups in total. The second kappa shape index (κ2) is 3.81. The maximum Gasteiger partial charge on any atom is 0.126 e.